The Bertz CT molecular complexity index is 1200. The summed E-state index contributed by atoms with van der Waals surface area (Å²) >= 11 is 0. The van der Waals surface area contributed by atoms with Crippen LogP contribution in [0.25, 0.3) is 16.5 Å². The third kappa shape index (κ3) is 6.66. The second kappa shape index (κ2) is 12.4. The van der Waals surface area contributed by atoms with Gasteiger partial charge in [-0.2, -0.15) is 0 Å². The van der Waals surface area contributed by atoms with Gasteiger partial charge in [-0.1, -0.05) is 29.9 Å². The van der Waals surface area contributed by atoms with Crippen LogP contribution in [0.2, 0.25) is 0 Å². The van der Waals surface area contributed by atoms with Gasteiger partial charge in [0.25, 0.3) is 0 Å². The number of hydrogen-bond acceptors (Lipinski definition) is 7. The average Bonchev–Trinajstić information content (AvgIpc) is 3.47. The molecule has 1 aliphatic rings. The summed E-state index contributed by atoms with van der Waals surface area (Å²) in [6.45, 7) is 10.2. The Morgan fingerprint density at radius 1 is 1.11 bits per heavy atom. The van der Waals surface area contributed by atoms with Crippen molar-refractivity contribution in [2.45, 2.75) is 65.6 Å². The third-order valence-electron chi connectivity index (χ3n) is 6.25. The number of fused-ring (bicyclic) bond motifs is 1. The molecular formula is C29H38O7. The molecule has 7 nitrogen and oxygen atoms in total. The number of allylic oxidation sites excluding steroid dienone is 6. The lowest BCUT2D eigenvalue weighted by molar-refractivity contribution is 0.0455. The van der Waals surface area contributed by atoms with Gasteiger partial charge in [-0.25, -0.2) is 0 Å². The standard InChI is InChI=1S/C29H38O7/c1-8-10-20(9-2)23-15-22(30)27-25(35-23)16-24(33-17-31-6)21(28(27)34-18-32-7)13-11-19(3)12-14-26-29(4,5)36-26/h8-11,15-16,26H,12-14,17-18H2,1-7H3/b10-8-,19-11-,20-9+/t26-/m0/s1. The predicted octanol–water partition coefficient (Wildman–Crippen LogP) is 6.18. The fourth-order valence-electron chi connectivity index (χ4n) is 4.15. The van der Waals surface area contributed by atoms with Crippen molar-refractivity contribution in [2.75, 3.05) is 27.8 Å². The Hall–Kier alpha value is -2.87. The van der Waals surface area contributed by atoms with Crippen LogP contribution in [0.15, 0.2) is 51.2 Å². The van der Waals surface area contributed by atoms with Gasteiger partial charge in [0, 0.05) is 37.5 Å². The first-order valence-corrected chi connectivity index (χ1v) is 12.3. The molecule has 2 heterocycles. The number of benzene rings is 1. The smallest absolute Gasteiger partial charge is 0.197 e. The van der Waals surface area contributed by atoms with Gasteiger partial charge in [0.1, 0.15) is 28.2 Å². The molecule has 7 heteroatoms. The molecule has 0 N–H and O–H groups in total. The van der Waals surface area contributed by atoms with E-state index in [2.05, 4.69) is 26.8 Å². The average molecular weight is 499 g/mol. The molecule has 0 spiro atoms. The number of rotatable bonds is 13. The molecule has 0 aliphatic carbocycles. The van der Waals surface area contributed by atoms with Gasteiger partial charge in [-0.3, -0.25) is 4.79 Å². The Labute approximate surface area is 213 Å². The maximum Gasteiger partial charge on any atom is 0.197 e. The molecule has 1 saturated heterocycles. The molecule has 1 fully saturated rings. The van der Waals surface area contributed by atoms with E-state index < -0.39 is 0 Å². The first kappa shape index (κ1) is 27.7. The molecule has 196 valence electrons. The summed E-state index contributed by atoms with van der Waals surface area (Å²) in [7, 11) is 3.09. The van der Waals surface area contributed by atoms with Gasteiger partial charge in [0.15, 0.2) is 19.0 Å². The maximum absolute atomic E-state index is 13.3. The number of ether oxygens (including phenoxy) is 5. The van der Waals surface area contributed by atoms with Gasteiger partial charge >= 0.3 is 0 Å². The summed E-state index contributed by atoms with van der Waals surface area (Å²) in [4.78, 5) is 13.3. The molecule has 3 rings (SSSR count). The highest BCUT2D eigenvalue weighted by Crippen LogP contribution is 2.40. The summed E-state index contributed by atoms with van der Waals surface area (Å²) in [6, 6.07) is 3.23. The van der Waals surface area contributed by atoms with E-state index in [9.17, 15) is 4.79 Å². The number of methoxy groups -OCH3 is 2. The van der Waals surface area contributed by atoms with E-state index in [1.54, 1.807) is 13.2 Å². The Kier molecular flexibility index (Phi) is 9.54. The highest BCUT2D eigenvalue weighted by molar-refractivity contribution is 5.88. The second-order valence-electron chi connectivity index (χ2n) is 9.38. The predicted molar refractivity (Wildman–Crippen MR) is 142 cm³/mol. The van der Waals surface area contributed by atoms with E-state index in [0.717, 1.165) is 24.0 Å². The quantitative estimate of drug-likeness (QED) is 0.141. The fraction of sp³-hybridized carbons (Fsp3) is 0.483. The van der Waals surface area contributed by atoms with Crippen LogP contribution in [0.1, 0.15) is 58.8 Å². The molecular weight excluding hydrogens is 460 g/mol. The summed E-state index contributed by atoms with van der Waals surface area (Å²) < 4.78 is 34.1. The normalized spacial score (nSPS) is 17.7. The van der Waals surface area contributed by atoms with Crippen molar-refractivity contribution in [3.05, 3.63) is 63.6 Å². The van der Waals surface area contributed by atoms with Gasteiger partial charge in [-0.05, 0) is 53.9 Å². The summed E-state index contributed by atoms with van der Waals surface area (Å²) in [5, 5.41) is 0.352. The minimum Gasteiger partial charge on any atom is -0.467 e. The number of hydrogen-bond donors (Lipinski definition) is 0. The molecule has 1 aliphatic heterocycles. The van der Waals surface area contributed by atoms with E-state index in [1.807, 2.05) is 32.1 Å². The van der Waals surface area contributed by atoms with E-state index in [-0.39, 0.29) is 24.6 Å². The van der Waals surface area contributed by atoms with Crippen LogP contribution in [0.5, 0.6) is 11.5 Å². The van der Waals surface area contributed by atoms with E-state index in [1.165, 1.54) is 18.7 Å². The van der Waals surface area contributed by atoms with Crippen LogP contribution in [-0.2, 0) is 20.6 Å². The van der Waals surface area contributed by atoms with Crippen molar-refractivity contribution < 1.29 is 28.1 Å². The van der Waals surface area contributed by atoms with E-state index >= 15 is 0 Å². The molecule has 36 heavy (non-hydrogen) atoms. The largest absolute Gasteiger partial charge is 0.467 e. The van der Waals surface area contributed by atoms with Crippen LogP contribution < -0.4 is 14.9 Å². The van der Waals surface area contributed by atoms with Crippen molar-refractivity contribution in [1.29, 1.82) is 0 Å². The zero-order valence-corrected chi connectivity index (χ0v) is 22.4. The van der Waals surface area contributed by atoms with E-state index in [4.69, 9.17) is 28.1 Å². The summed E-state index contributed by atoms with van der Waals surface area (Å²) in [5.74, 6) is 1.39. The molecule has 0 amide bonds. The zero-order chi connectivity index (χ0) is 26.3. The zero-order valence-electron chi connectivity index (χ0n) is 22.4. The van der Waals surface area contributed by atoms with Crippen LogP contribution in [0, 0.1) is 0 Å². The molecule has 2 aromatic rings. The SMILES string of the molecule is C/C=C\C(=C/C)c1cc(=O)c2c(OCOC)c(C/C=C(/C)CC[C@@H]3OC3(C)C)c(OCOC)cc2o1. The lowest BCUT2D eigenvalue weighted by Gasteiger charge is -2.17. The van der Waals surface area contributed by atoms with Gasteiger partial charge in [0.05, 0.1) is 11.7 Å². The Balaban J connectivity index is 2.07. The van der Waals surface area contributed by atoms with Crippen LogP contribution in [-0.4, -0.2) is 39.5 Å². The maximum atomic E-state index is 13.3. The van der Waals surface area contributed by atoms with Crippen molar-refractivity contribution in [2.24, 2.45) is 0 Å². The van der Waals surface area contributed by atoms with Gasteiger partial charge in [-0.15, -0.1) is 0 Å². The minimum absolute atomic E-state index is 0.0203. The Morgan fingerprint density at radius 3 is 2.42 bits per heavy atom. The fourth-order valence-corrected chi connectivity index (χ4v) is 4.15. The van der Waals surface area contributed by atoms with Crippen LogP contribution >= 0.6 is 0 Å². The topological polar surface area (TPSA) is 79.7 Å². The van der Waals surface area contributed by atoms with Crippen LogP contribution in [0.4, 0.5) is 0 Å². The number of epoxide rings is 1. The summed E-state index contributed by atoms with van der Waals surface area (Å²) in [5.41, 5.74) is 2.92. The van der Waals surface area contributed by atoms with Crippen molar-refractivity contribution in [1.82, 2.24) is 0 Å². The minimum atomic E-state index is -0.199. The van der Waals surface area contributed by atoms with Gasteiger partial charge in [0.2, 0.25) is 0 Å². The lowest BCUT2D eigenvalue weighted by atomic mass is 10.00. The molecule has 0 unspecified atom stereocenters. The molecule has 0 saturated carbocycles. The highest BCUT2D eigenvalue weighted by Gasteiger charge is 2.46. The second-order valence-corrected chi connectivity index (χ2v) is 9.38. The molecule has 1 aromatic heterocycles. The molecule has 0 radical (unpaired) electrons. The molecule has 0 bridgehead atoms. The molecule has 1 atom stereocenters. The van der Waals surface area contributed by atoms with Gasteiger partial charge < -0.3 is 28.1 Å². The lowest BCUT2D eigenvalue weighted by Crippen LogP contribution is -2.11. The van der Waals surface area contributed by atoms with Crippen molar-refractivity contribution in [3.8, 4) is 11.5 Å². The van der Waals surface area contributed by atoms with Crippen molar-refractivity contribution >= 4 is 16.5 Å². The highest BCUT2D eigenvalue weighted by atomic mass is 16.7. The van der Waals surface area contributed by atoms with E-state index in [0.29, 0.717) is 40.8 Å². The third-order valence-corrected chi connectivity index (χ3v) is 6.25. The first-order valence-electron chi connectivity index (χ1n) is 12.3. The Morgan fingerprint density at radius 2 is 1.81 bits per heavy atom. The summed E-state index contributed by atoms with van der Waals surface area (Å²) in [6.07, 6.45) is 10.5. The van der Waals surface area contributed by atoms with Crippen molar-refractivity contribution in [3.63, 3.8) is 0 Å². The first-order chi connectivity index (χ1) is 17.2. The van der Waals surface area contributed by atoms with Crippen LogP contribution in [0.3, 0.4) is 0 Å². The molecule has 1 aromatic carbocycles. The monoisotopic (exact) mass is 498 g/mol.